The van der Waals surface area contributed by atoms with Crippen LogP contribution in [0.3, 0.4) is 0 Å². The van der Waals surface area contributed by atoms with E-state index >= 15 is 0 Å². The second-order valence-corrected chi connectivity index (χ2v) is 10.6. The van der Waals surface area contributed by atoms with Gasteiger partial charge in [0, 0.05) is 42.1 Å². The van der Waals surface area contributed by atoms with Gasteiger partial charge in [0.2, 0.25) is 9.05 Å². The van der Waals surface area contributed by atoms with Crippen LogP contribution in [-0.2, 0) is 23.3 Å². The van der Waals surface area contributed by atoms with Crippen molar-refractivity contribution in [3.05, 3.63) is 0 Å². The standard InChI is InChI=1S/C6H12N2OS.C5H9ClO3S.C5H9ClO.ClH/c7-6(8)10-4-5-2-1-3-9-5;6-10(7,8)4-5-2-1-3-9-5;6-4-5-2-1-3-7-5;/h5H,1-4H2,(H3,7,8);5H,1-4H2;5H,1-4H2;1H. The second-order valence-electron chi connectivity index (χ2n) is 6.44. The van der Waals surface area contributed by atoms with E-state index in [2.05, 4.69) is 0 Å². The molecule has 3 fully saturated rings. The lowest BCUT2D eigenvalue weighted by Crippen LogP contribution is -2.15. The third kappa shape index (κ3) is 15.4. The number of ether oxygens (including phenoxy) is 3. The number of halogens is 3. The molecule has 3 rings (SSSR count). The molecule has 3 heterocycles. The fourth-order valence-electron chi connectivity index (χ4n) is 2.72. The first-order valence-electron chi connectivity index (χ1n) is 9.10. The second kappa shape index (κ2) is 16.2. The molecule has 0 bridgehead atoms. The van der Waals surface area contributed by atoms with Gasteiger partial charge < -0.3 is 19.9 Å². The van der Waals surface area contributed by atoms with E-state index in [1.54, 1.807) is 0 Å². The summed E-state index contributed by atoms with van der Waals surface area (Å²) in [4.78, 5) is 0. The number of amidine groups is 1. The SMILES string of the molecule is Cl.ClCC1CCCO1.N=C(N)SCC1CCCO1.O=S(=O)(Cl)CC1CCCO1. The van der Waals surface area contributed by atoms with E-state index in [-0.39, 0.29) is 29.4 Å². The largest absolute Gasteiger partial charge is 0.379 e. The Kier molecular flexibility index (Phi) is 16.5. The van der Waals surface area contributed by atoms with Crippen LogP contribution in [0, 0.1) is 5.41 Å². The van der Waals surface area contributed by atoms with E-state index in [1.807, 2.05) is 0 Å². The predicted molar refractivity (Wildman–Crippen MR) is 119 cm³/mol. The number of nitrogens with one attached hydrogen (secondary N) is 1. The summed E-state index contributed by atoms with van der Waals surface area (Å²) in [6.45, 7) is 2.46. The lowest BCUT2D eigenvalue weighted by Gasteiger charge is -2.06. The Morgan fingerprint density at radius 3 is 1.79 bits per heavy atom. The van der Waals surface area contributed by atoms with Gasteiger partial charge in [-0.3, -0.25) is 5.41 Å². The van der Waals surface area contributed by atoms with Crippen molar-refractivity contribution in [2.45, 2.75) is 56.8 Å². The Hall–Kier alpha value is 0.520. The summed E-state index contributed by atoms with van der Waals surface area (Å²) >= 11 is 6.85. The van der Waals surface area contributed by atoms with E-state index in [1.165, 1.54) is 18.2 Å². The molecule has 3 unspecified atom stereocenters. The zero-order valence-electron chi connectivity index (χ0n) is 15.8. The summed E-state index contributed by atoms with van der Waals surface area (Å²) in [6, 6.07) is 0. The van der Waals surface area contributed by atoms with Crippen molar-refractivity contribution < 1.29 is 22.6 Å². The maximum atomic E-state index is 10.5. The number of thioether (sulfide) groups is 1. The third-order valence-corrected chi connectivity index (χ3v) is 6.40. The van der Waals surface area contributed by atoms with Crippen molar-refractivity contribution in [2.24, 2.45) is 5.73 Å². The molecule has 3 aliphatic heterocycles. The van der Waals surface area contributed by atoms with Crippen molar-refractivity contribution in [3.8, 4) is 0 Å². The van der Waals surface area contributed by atoms with Crippen molar-refractivity contribution >= 4 is 60.7 Å². The van der Waals surface area contributed by atoms with Crippen LogP contribution in [-0.4, -0.2) is 69.1 Å². The molecule has 0 spiro atoms. The first-order valence-corrected chi connectivity index (χ1v) is 13.1. The quantitative estimate of drug-likeness (QED) is 0.257. The van der Waals surface area contributed by atoms with E-state index in [4.69, 9.17) is 47.6 Å². The minimum absolute atomic E-state index is 0. The van der Waals surface area contributed by atoms with Gasteiger partial charge in [-0.1, -0.05) is 11.8 Å². The summed E-state index contributed by atoms with van der Waals surface area (Å²) in [5.74, 6) is 1.46. The zero-order valence-corrected chi connectivity index (χ0v) is 19.8. The summed E-state index contributed by atoms with van der Waals surface area (Å²) in [5.41, 5.74) is 5.16. The molecular formula is C16H31Cl3N2O5S2. The molecule has 0 aromatic rings. The Morgan fingerprint density at radius 1 is 1.00 bits per heavy atom. The fourth-order valence-corrected chi connectivity index (χ4v) is 4.72. The van der Waals surface area contributed by atoms with E-state index in [9.17, 15) is 8.42 Å². The number of hydrogen-bond acceptors (Lipinski definition) is 7. The highest BCUT2D eigenvalue weighted by Gasteiger charge is 2.21. The van der Waals surface area contributed by atoms with Gasteiger partial charge >= 0.3 is 0 Å². The van der Waals surface area contributed by atoms with Crippen molar-refractivity contribution in [3.63, 3.8) is 0 Å². The first-order chi connectivity index (χ1) is 12.8. The lowest BCUT2D eigenvalue weighted by atomic mass is 10.3. The molecule has 0 saturated carbocycles. The molecule has 28 heavy (non-hydrogen) atoms. The highest BCUT2D eigenvalue weighted by molar-refractivity contribution is 8.14. The van der Waals surface area contributed by atoms with Crippen LogP contribution >= 0.6 is 46.5 Å². The maximum absolute atomic E-state index is 10.5. The molecule has 168 valence electrons. The van der Waals surface area contributed by atoms with Crippen molar-refractivity contribution in [1.29, 1.82) is 5.41 Å². The molecule has 12 heteroatoms. The van der Waals surface area contributed by atoms with E-state index in [0.29, 0.717) is 24.7 Å². The van der Waals surface area contributed by atoms with Gasteiger partial charge in [-0.05, 0) is 38.5 Å². The average molecular weight is 502 g/mol. The number of nitrogens with two attached hydrogens (primary N) is 1. The number of rotatable bonds is 5. The van der Waals surface area contributed by atoms with Gasteiger partial charge in [0.15, 0.2) is 5.17 Å². The normalized spacial score (nSPS) is 26.4. The molecule has 0 radical (unpaired) electrons. The third-order valence-electron chi connectivity index (χ3n) is 4.05. The highest BCUT2D eigenvalue weighted by Crippen LogP contribution is 2.16. The highest BCUT2D eigenvalue weighted by atomic mass is 35.7. The Balaban J connectivity index is 0.000000390. The van der Waals surface area contributed by atoms with Gasteiger partial charge in [0.05, 0.1) is 24.1 Å². The molecule has 0 aliphatic carbocycles. The molecule has 0 aromatic carbocycles. The number of alkyl halides is 1. The molecule has 3 atom stereocenters. The Labute approximate surface area is 188 Å². The van der Waals surface area contributed by atoms with Crippen LogP contribution in [0.1, 0.15) is 38.5 Å². The minimum Gasteiger partial charge on any atom is -0.379 e. The van der Waals surface area contributed by atoms with Crippen LogP contribution in [0.5, 0.6) is 0 Å². The molecule has 0 aromatic heterocycles. The van der Waals surface area contributed by atoms with Crippen LogP contribution < -0.4 is 5.73 Å². The average Bonchev–Trinajstić information content (AvgIpc) is 3.35. The van der Waals surface area contributed by atoms with Crippen molar-refractivity contribution in [2.75, 3.05) is 37.2 Å². The molecule has 3 N–H and O–H groups in total. The number of hydrogen-bond donors (Lipinski definition) is 2. The summed E-state index contributed by atoms with van der Waals surface area (Å²) in [7, 11) is 1.65. The fraction of sp³-hybridized carbons (Fsp3) is 0.938. The summed E-state index contributed by atoms with van der Waals surface area (Å²) in [6.07, 6.45) is 6.92. The van der Waals surface area contributed by atoms with E-state index in [0.717, 1.165) is 51.1 Å². The first kappa shape index (κ1) is 28.5. The van der Waals surface area contributed by atoms with Crippen LogP contribution in [0.4, 0.5) is 0 Å². The van der Waals surface area contributed by atoms with Crippen LogP contribution in [0.15, 0.2) is 0 Å². The van der Waals surface area contributed by atoms with Gasteiger partial charge in [-0.25, -0.2) is 8.42 Å². The molecule has 7 nitrogen and oxygen atoms in total. The smallest absolute Gasteiger partial charge is 0.235 e. The molecule has 0 amide bonds. The Bertz CT molecular complexity index is 510. The topological polar surface area (TPSA) is 112 Å². The van der Waals surface area contributed by atoms with Crippen LogP contribution in [0.2, 0.25) is 0 Å². The van der Waals surface area contributed by atoms with E-state index < -0.39 is 9.05 Å². The Morgan fingerprint density at radius 2 is 1.46 bits per heavy atom. The minimum atomic E-state index is -3.36. The predicted octanol–water partition coefficient (Wildman–Crippen LogP) is 3.35. The summed E-state index contributed by atoms with van der Waals surface area (Å²) < 4.78 is 36.5. The molecule has 3 aliphatic rings. The van der Waals surface area contributed by atoms with Gasteiger partial charge in [-0.15, -0.1) is 24.0 Å². The van der Waals surface area contributed by atoms with Gasteiger partial charge in [0.1, 0.15) is 0 Å². The lowest BCUT2D eigenvalue weighted by molar-refractivity contribution is 0.127. The van der Waals surface area contributed by atoms with Crippen molar-refractivity contribution in [1.82, 2.24) is 0 Å². The zero-order chi connectivity index (χ0) is 20.1. The van der Waals surface area contributed by atoms with Crippen LogP contribution in [0.25, 0.3) is 0 Å². The molecule has 3 saturated heterocycles. The summed E-state index contributed by atoms with van der Waals surface area (Å²) in [5, 5.41) is 7.13. The monoisotopic (exact) mass is 500 g/mol. The van der Waals surface area contributed by atoms with Gasteiger partial charge in [0.25, 0.3) is 0 Å². The maximum Gasteiger partial charge on any atom is 0.235 e. The van der Waals surface area contributed by atoms with Gasteiger partial charge in [-0.2, -0.15) is 0 Å². The molecular weight excluding hydrogens is 471 g/mol.